The first-order valence-corrected chi connectivity index (χ1v) is 7.57. The van der Waals surface area contributed by atoms with Crippen LogP contribution < -0.4 is 0 Å². The zero-order chi connectivity index (χ0) is 13.8. The quantitative estimate of drug-likeness (QED) is 0.773. The summed E-state index contributed by atoms with van der Waals surface area (Å²) in [5.41, 5.74) is -0.216. The third-order valence-corrected chi connectivity index (χ3v) is 5.94. The lowest BCUT2D eigenvalue weighted by atomic mass is 10.1. The highest BCUT2D eigenvalue weighted by Gasteiger charge is 2.50. The number of rotatable bonds is 1. The number of hydrogen-bond donors (Lipinski definition) is 0. The molecule has 2 saturated heterocycles. The molecule has 4 nitrogen and oxygen atoms in total. The lowest BCUT2D eigenvalue weighted by Gasteiger charge is -2.27. The SMILES string of the molecule is O=C(c1ccc(F)cc1F)N1CC2CC1CS2(=O)=O. The van der Waals surface area contributed by atoms with E-state index in [9.17, 15) is 22.0 Å². The second-order valence-corrected chi connectivity index (χ2v) is 7.25. The summed E-state index contributed by atoms with van der Waals surface area (Å²) in [5.74, 6) is -2.30. The Morgan fingerprint density at radius 3 is 2.58 bits per heavy atom. The van der Waals surface area contributed by atoms with Crippen molar-refractivity contribution >= 4 is 15.7 Å². The van der Waals surface area contributed by atoms with E-state index in [0.717, 1.165) is 12.1 Å². The molecule has 0 aliphatic carbocycles. The van der Waals surface area contributed by atoms with Crippen LogP contribution in [0.25, 0.3) is 0 Å². The van der Waals surface area contributed by atoms with Gasteiger partial charge in [-0.05, 0) is 18.6 Å². The smallest absolute Gasteiger partial charge is 0.257 e. The van der Waals surface area contributed by atoms with Crippen LogP contribution in [0, 0.1) is 11.6 Å². The van der Waals surface area contributed by atoms with E-state index in [-0.39, 0.29) is 23.9 Å². The molecular formula is C12H11F2NO3S. The first-order chi connectivity index (χ1) is 8.88. The molecule has 102 valence electrons. The van der Waals surface area contributed by atoms with E-state index in [0.29, 0.717) is 12.5 Å². The average molecular weight is 287 g/mol. The maximum absolute atomic E-state index is 13.5. The second kappa shape index (κ2) is 4.00. The number of amides is 1. The summed E-state index contributed by atoms with van der Waals surface area (Å²) in [7, 11) is -3.10. The van der Waals surface area contributed by atoms with Crippen LogP contribution in [0.5, 0.6) is 0 Å². The number of fused-ring (bicyclic) bond motifs is 2. The van der Waals surface area contributed by atoms with Gasteiger partial charge >= 0.3 is 0 Å². The van der Waals surface area contributed by atoms with E-state index < -0.39 is 32.6 Å². The van der Waals surface area contributed by atoms with Gasteiger partial charge in [0, 0.05) is 18.7 Å². The van der Waals surface area contributed by atoms with Gasteiger partial charge in [-0.15, -0.1) is 0 Å². The number of benzene rings is 1. The summed E-state index contributed by atoms with van der Waals surface area (Å²) in [6.45, 7) is 0.0999. The fourth-order valence-electron chi connectivity index (χ4n) is 2.76. The number of halogens is 2. The van der Waals surface area contributed by atoms with Gasteiger partial charge in [-0.3, -0.25) is 4.79 Å². The maximum Gasteiger partial charge on any atom is 0.257 e. The van der Waals surface area contributed by atoms with Crippen molar-refractivity contribution in [1.82, 2.24) is 4.90 Å². The van der Waals surface area contributed by atoms with Gasteiger partial charge < -0.3 is 4.90 Å². The Morgan fingerprint density at radius 1 is 1.32 bits per heavy atom. The molecule has 1 aromatic carbocycles. The molecule has 2 unspecified atom stereocenters. The molecule has 0 saturated carbocycles. The Balaban J connectivity index is 1.87. The Kier molecular flexibility index (Phi) is 2.63. The second-order valence-electron chi connectivity index (χ2n) is 4.92. The van der Waals surface area contributed by atoms with Gasteiger partial charge in [0.05, 0.1) is 16.6 Å². The molecule has 2 bridgehead atoms. The van der Waals surface area contributed by atoms with Crippen molar-refractivity contribution in [1.29, 1.82) is 0 Å². The normalized spacial score (nSPS) is 27.8. The molecule has 2 fully saturated rings. The van der Waals surface area contributed by atoms with Gasteiger partial charge in [-0.25, -0.2) is 17.2 Å². The van der Waals surface area contributed by atoms with Crippen LogP contribution in [0.1, 0.15) is 16.8 Å². The summed E-state index contributed by atoms with van der Waals surface area (Å²) >= 11 is 0. The van der Waals surface area contributed by atoms with Crippen molar-refractivity contribution in [2.24, 2.45) is 0 Å². The van der Waals surface area contributed by atoms with Crippen molar-refractivity contribution in [2.45, 2.75) is 17.7 Å². The Bertz CT molecular complexity index is 659. The molecule has 1 aromatic rings. The molecule has 2 aliphatic rings. The van der Waals surface area contributed by atoms with Crippen LogP contribution in [0.4, 0.5) is 8.78 Å². The lowest BCUT2D eigenvalue weighted by molar-refractivity contribution is 0.0741. The Labute approximate surface area is 108 Å². The monoisotopic (exact) mass is 287 g/mol. The van der Waals surface area contributed by atoms with Crippen molar-refractivity contribution in [3.8, 4) is 0 Å². The minimum absolute atomic E-state index is 0.0633. The first-order valence-electron chi connectivity index (χ1n) is 5.86. The molecule has 2 heterocycles. The average Bonchev–Trinajstić information content (AvgIpc) is 2.83. The molecule has 19 heavy (non-hydrogen) atoms. The highest BCUT2D eigenvalue weighted by atomic mass is 32.2. The number of likely N-dealkylation sites (tertiary alicyclic amines) is 1. The molecule has 3 rings (SSSR count). The topological polar surface area (TPSA) is 54.5 Å². The van der Waals surface area contributed by atoms with Crippen LogP contribution in [0.15, 0.2) is 18.2 Å². The molecule has 1 amide bonds. The zero-order valence-electron chi connectivity index (χ0n) is 9.84. The standard InChI is InChI=1S/C12H11F2NO3S/c13-7-1-2-10(11(14)3-7)12(16)15-5-9-4-8(15)6-19(9,17)18/h1-3,8-9H,4-6H2. The lowest BCUT2D eigenvalue weighted by Crippen LogP contribution is -2.44. The Morgan fingerprint density at radius 2 is 2.05 bits per heavy atom. The van der Waals surface area contributed by atoms with Crippen LogP contribution >= 0.6 is 0 Å². The number of nitrogens with zero attached hydrogens (tertiary/aromatic N) is 1. The van der Waals surface area contributed by atoms with Crippen molar-refractivity contribution in [3.63, 3.8) is 0 Å². The van der Waals surface area contributed by atoms with Gasteiger partial charge in [0.2, 0.25) is 0 Å². The molecule has 0 N–H and O–H groups in total. The molecule has 0 spiro atoms. The van der Waals surface area contributed by atoms with Gasteiger partial charge in [0.1, 0.15) is 11.6 Å². The zero-order valence-corrected chi connectivity index (χ0v) is 10.7. The molecule has 2 atom stereocenters. The fraction of sp³-hybridized carbons (Fsp3) is 0.417. The van der Waals surface area contributed by atoms with Crippen LogP contribution in [-0.2, 0) is 9.84 Å². The minimum Gasteiger partial charge on any atom is -0.333 e. The van der Waals surface area contributed by atoms with E-state index in [1.807, 2.05) is 0 Å². The molecule has 2 aliphatic heterocycles. The van der Waals surface area contributed by atoms with E-state index in [1.165, 1.54) is 4.90 Å². The Hall–Kier alpha value is -1.50. The summed E-state index contributed by atoms with van der Waals surface area (Å²) in [4.78, 5) is 13.5. The molecule has 7 heteroatoms. The van der Waals surface area contributed by atoms with Crippen LogP contribution in [0.2, 0.25) is 0 Å². The highest BCUT2D eigenvalue weighted by Crippen LogP contribution is 2.34. The molecular weight excluding hydrogens is 276 g/mol. The summed E-state index contributed by atoms with van der Waals surface area (Å²) < 4.78 is 49.5. The highest BCUT2D eigenvalue weighted by molar-refractivity contribution is 7.92. The van der Waals surface area contributed by atoms with E-state index in [4.69, 9.17) is 0 Å². The molecule has 0 aromatic heterocycles. The predicted molar refractivity (Wildman–Crippen MR) is 63.4 cm³/mol. The number of carbonyl (C=O) groups excluding carboxylic acids is 1. The van der Waals surface area contributed by atoms with Gasteiger partial charge in [-0.2, -0.15) is 0 Å². The molecule has 0 radical (unpaired) electrons. The minimum atomic E-state index is -3.10. The van der Waals surface area contributed by atoms with Crippen LogP contribution in [0.3, 0.4) is 0 Å². The van der Waals surface area contributed by atoms with Gasteiger partial charge in [0.25, 0.3) is 5.91 Å². The van der Waals surface area contributed by atoms with Crippen molar-refractivity contribution in [2.75, 3.05) is 12.3 Å². The van der Waals surface area contributed by atoms with E-state index >= 15 is 0 Å². The third-order valence-electron chi connectivity index (χ3n) is 3.73. The van der Waals surface area contributed by atoms with E-state index in [1.54, 1.807) is 0 Å². The predicted octanol–water partition coefficient (Wildman–Crippen LogP) is 0.976. The third kappa shape index (κ3) is 1.92. The first kappa shape index (κ1) is 12.5. The maximum atomic E-state index is 13.5. The van der Waals surface area contributed by atoms with Crippen molar-refractivity contribution < 1.29 is 22.0 Å². The summed E-state index contributed by atoms with van der Waals surface area (Å²) in [6.07, 6.45) is 0.414. The van der Waals surface area contributed by atoms with Gasteiger partial charge in [0.15, 0.2) is 9.84 Å². The van der Waals surface area contributed by atoms with Crippen LogP contribution in [-0.4, -0.2) is 42.8 Å². The largest absolute Gasteiger partial charge is 0.333 e. The van der Waals surface area contributed by atoms with Gasteiger partial charge in [-0.1, -0.05) is 0 Å². The van der Waals surface area contributed by atoms with E-state index in [2.05, 4.69) is 0 Å². The van der Waals surface area contributed by atoms with Crippen molar-refractivity contribution in [3.05, 3.63) is 35.4 Å². The summed E-state index contributed by atoms with van der Waals surface area (Å²) in [6, 6.07) is 2.37. The fourth-order valence-corrected chi connectivity index (χ4v) is 4.79. The number of sulfone groups is 1. The summed E-state index contributed by atoms with van der Waals surface area (Å²) in [5, 5.41) is -0.537. The number of hydrogen-bond acceptors (Lipinski definition) is 3. The number of carbonyl (C=O) groups is 1.